The van der Waals surface area contributed by atoms with Gasteiger partial charge in [0.25, 0.3) is 11.8 Å². The van der Waals surface area contributed by atoms with Crippen molar-refractivity contribution in [3.05, 3.63) is 34.0 Å². The fourth-order valence-electron chi connectivity index (χ4n) is 5.10. The molecule has 13 nitrogen and oxygen atoms in total. The molecule has 0 radical (unpaired) electrons. The fraction of sp³-hybridized carbons (Fsp3) is 0.480. The lowest BCUT2D eigenvalue weighted by Crippen LogP contribution is -2.71. The number of carboxylic acid groups (broad SMARTS) is 1. The number of nitrogens with zero attached hydrogens (tertiary/aromatic N) is 5. The van der Waals surface area contributed by atoms with Gasteiger partial charge in [0.05, 0.1) is 12.5 Å². The summed E-state index contributed by atoms with van der Waals surface area (Å²) in [5, 5.41) is 26.7. The van der Waals surface area contributed by atoms with Crippen molar-refractivity contribution >= 4 is 57.6 Å². The van der Waals surface area contributed by atoms with Gasteiger partial charge in [0.2, 0.25) is 5.91 Å². The van der Waals surface area contributed by atoms with Crippen molar-refractivity contribution < 1.29 is 29.1 Å². The Morgan fingerprint density at radius 2 is 2.12 bits per heavy atom. The van der Waals surface area contributed by atoms with Crippen LogP contribution in [0, 0.1) is 11.3 Å². The molecule has 0 spiro atoms. The number of amides is 3. The first-order valence-electron chi connectivity index (χ1n) is 12.8. The fourth-order valence-corrected chi connectivity index (χ4v) is 6.95. The van der Waals surface area contributed by atoms with Crippen LogP contribution in [0.25, 0.3) is 0 Å². The number of carbonyl (C=O) groups is 4. The lowest BCUT2D eigenvalue weighted by Gasteiger charge is -2.49. The maximum Gasteiger partial charge on any atom is 0.352 e. The second-order valence-corrected chi connectivity index (χ2v) is 11.7. The van der Waals surface area contributed by atoms with E-state index in [2.05, 4.69) is 15.5 Å². The third kappa shape index (κ3) is 5.41. The SMILES string of the molecule is N#CCCN1CCC(=CC2=C(C(=O)O)N3C(=O)[C@@H](NC(=O)/C(=N\OC4CCCC4)c4csc(N)n4)[C@H]3SC2)C1=O. The number of anilines is 1. The summed E-state index contributed by atoms with van der Waals surface area (Å²) < 4.78 is 0. The number of carbonyl (C=O) groups excluding carboxylic acids is 3. The number of rotatable bonds is 9. The van der Waals surface area contributed by atoms with E-state index in [1.54, 1.807) is 16.4 Å². The molecule has 40 heavy (non-hydrogen) atoms. The number of allylic oxidation sites excluding steroid dienone is 1. The molecule has 1 aromatic rings. The van der Waals surface area contributed by atoms with E-state index < -0.39 is 29.2 Å². The summed E-state index contributed by atoms with van der Waals surface area (Å²) in [6, 6.07) is 1.03. The Hall–Kier alpha value is -3.90. The number of oxime groups is 1. The molecule has 3 aliphatic heterocycles. The third-order valence-corrected chi connectivity index (χ3v) is 9.09. The van der Waals surface area contributed by atoms with Crippen LogP contribution in [0.3, 0.4) is 0 Å². The van der Waals surface area contributed by atoms with Gasteiger partial charge >= 0.3 is 5.97 Å². The van der Waals surface area contributed by atoms with Crippen LogP contribution in [0.15, 0.2) is 33.5 Å². The van der Waals surface area contributed by atoms with E-state index in [9.17, 15) is 24.3 Å². The highest BCUT2D eigenvalue weighted by Gasteiger charge is 2.54. The van der Waals surface area contributed by atoms with E-state index in [1.807, 2.05) is 6.07 Å². The van der Waals surface area contributed by atoms with E-state index in [-0.39, 0.29) is 46.4 Å². The second-order valence-electron chi connectivity index (χ2n) is 9.68. The highest BCUT2D eigenvalue weighted by Crippen LogP contribution is 2.41. The Bertz CT molecular complexity index is 1370. The summed E-state index contributed by atoms with van der Waals surface area (Å²) >= 11 is 2.43. The van der Waals surface area contributed by atoms with Gasteiger partial charge in [-0.1, -0.05) is 5.16 Å². The maximum atomic E-state index is 13.3. The van der Waals surface area contributed by atoms with Crippen LogP contribution in [0.5, 0.6) is 0 Å². The minimum atomic E-state index is -1.30. The summed E-state index contributed by atoms with van der Waals surface area (Å²) in [7, 11) is 0. The van der Waals surface area contributed by atoms with E-state index in [0.29, 0.717) is 30.7 Å². The van der Waals surface area contributed by atoms with E-state index in [0.717, 1.165) is 41.9 Å². The Kier molecular flexibility index (Phi) is 8.08. The standard InChI is InChI=1S/C25H27N7O6S2/c26-7-3-8-31-9-6-13(21(31)34)10-14-11-39-23-18(22(35)32(23)19(14)24(36)37)29-20(33)17(16-12-40-25(27)28-16)30-38-15-4-1-2-5-15/h10,12,15,18,23H,1-6,8-9,11H2,(H2,27,28)(H,29,33)(H,36,37)/b13-10?,30-17-/t18-,23-/m1/s1. The first-order chi connectivity index (χ1) is 19.3. The topological polar surface area (TPSA) is 191 Å². The number of nitrogens with two attached hydrogens (primary N) is 1. The Labute approximate surface area is 237 Å². The molecule has 15 heteroatoms. The highest BCUT2D eigenvalue weighted by molar-refractivity contribution is 8.00. The van der Waals surface area contributed by atoms with Crippen LogP contribution >= 0.6 is 23.1 Å². The lowest BCUT2D eigenvalue weighted by molar-refractivity contribution is -0.150. The third-order valence-electron chi connectivity index (χ3n) is 7.12. The highest BCUT2D eigenvalue weighted by atomic mass is 32.2. The summed E-state index contributed by atoms with van der Waals surface area (Å²) in [5.74, 6) is -2.57. The van der Waals surface area contributed by atoms with Crippen LogP contribution in [0.1, 0.15) is 44.2 Å². The quantitative estimate of drug-likeness (QED) is 0.164. The van der Waals surface area contributed by atoms with Gasteiger partial charge in [-0.25, -0.2) is 9.78 Å². The Balaban J connectivity index is 1.32. The average molecular weight is 586 g/mol. The first-order valence-corrected chi connectivity index (χ1v) is 14.7. The van der Waals surface area contributed by atoms with Gasteiger partial charge in [-0.3, -0.25) is 19.3 Å². The van der Waals surface area contributed by atoms with E-state index >= 15 is 0 Å². The number of aromatic nitrogens is 1. The molecular formula is C25H27N7O6S2. The zero-order valence-electron chi connectivity index (χ0n) is 21.4. The molecule has 4 heterocycles. The van der Waals surface area contributed by atoms with Gasteiger partial charge in [-0.2, -0.15) is 5.26 Å². The molecule has 3 fully saturated rings. The number of nitrogens with one attached hydrogen (secondary N) is 1. The second kappa shape index (κ2) is 11.7. The Morgan fingerprint density at radius 1 is 1.35 bits per heavy atom. The summed E-state index contributed by atoms with van der Waals surface area (Å²) in [6.45, 7) is 0.762. The first kappa shape index (κ1) is 27.7. The van der Waals surface area contributed by atoms with Crippen LogP contribution < -0.4 is 11.1 Å². The van der Waals surface area contributed by atoms with Crippen molar-refractivity contribution in [3.63, 3.8) is 0 Å². The molecule has 4 aliphatic rings. The number of β-lactam (4-membered cyclic amide) rings is 1. The molecule has 0 unspecified atom stereocenters. The molecule has 0 bridgehead atoms. The van der Waals surface area contributed by atoms with E-state index in [4.69, 9.17) is 15.8 Å². The van der Waals surface area contributed by atoms with Crippen molar-refractivity contribution in [2.75, 3.05) is 24.6 Å². The number of fused-ring (bicyclic) bond motifs is 1. The minimum absolute atomic E-state index is 0.102. The molecule has 2 saturated heterocycles. The number of hydrogen-bond acceptors (Lipinski definition) is 11. The van der Waals surface area contributed by atoms with Gasteiger partial charge in [0, 0.05) is 29.8 Å². The van der Waals surface area contributed by atoms with Gasteiger partial charge in [-0.05, 0) is 43.8 Å². The van der Waals surface area contributed by atoms with Crippen LogP contribution in [0.4, 0.5) is 5.13 Å². The maximum absolute atomic E-state index is 13.3. The molecule has 1 saturated carbocycles. The molecule has 2 atom stereocenters. The largest absolute Gasteiger partial charge is 0.477 e. The van der Waals surface area contributed by atoms with Crippen molar-refractivity contribution in [1.82, 2.24) is 20.1 Å². The Morgan fingerprint density at radius 3 is 2.80 bits per heavy atom. The molecule has 5 rings (SSSR count). The summed E-state index contributed by atoms with van der Waals surface area (Å²) in [5.41, 5.74) is 6.45. The van der Waals surface area contributed by atoms with Crippen molar-refractivity contribution in [1.29, 1.82) is 5.26 Å². The van der Waals surface area contributed by atoms with Gasteiger partial charge < -0.3 is 25.9 Å². The van der Waals surface area contributed by atoms with Crippen LogP contribution in [-0.4, -0.2) is 85.7 Å². The normalized spacial score (nSPS) is 24.3. The molecule has 4 N–H and O–H groups in total. The zero-order chi connectivity index (χ0) is 28.4. The predicted octanol–water partition coefficient (Wildman–Crippen LogP) is 1.20. The molecule has 3 amide bonds. The smallest absolute Gasteiger partial charge is 0.352 e. The molecular weight excluding hydrogens is 558 g/mol. The number of aliphatic carboxylic acids is 1. The molecule has 1 aromatic heterocycles. The van der Waals surface area contributed by atoms with Gasteiger partial charge in [0.15, 0.2) is 10.8 Å². The number of thiazole rings is 1. The molecule has 1 aliphatic carbocycles. The summed E-state index contributed by atoms with van der Waals surface area (Å²) in [4.78, 5) is 63.8. The molecule has 210 valence electrons. The van der Waals surface area contributed by atoms with Crippen molar-refractivity contribution in [2.24, 2.45) is 5.16 Å². The van der Waals surface area contributed by atoms with Crippen LogP contribution in [0.2, 0.25) is 0 Å². The zero-order valence-corrected chi connectivity index (χ0v) is 23.0. The van der Waals surface area contributed by atoms with Gasteiger partial charge in [0.1, 0.15) is 28.9 Å². The number of carboxylic acids is 1. The molecule has 0 aromatic carbocycles. The minimum Gasteiger partial charge on any atom is -0.477 e. The monoisotopic (exact) mass is 585 g/mol. The average Bonchev–Trinajstić information content (AvgIpc) is 3.69. The van der Waals surface area contributed by atoms with Crippen molar-refractivity contribution in [3.8, 4) is 6.07 Å². The van der Waals surface area contributed by atoms with Crippen molar-refractivity contribution in [2.45, 2.75) is 56.0 Å². The van der Waals surface area contributed by atoms with E-state index in [1.165, 1.54) is 11.8 Å². The van der Waals surface area contributed by atoms with Crippen LogP contribution in [-0.2, 0) is 24.0 Å². The number of nitriles is 1. The van der Waals surface area contributed by atoms with Gasteiger partial charge in [-0.15, -0.1) is 23.1 Å². The number of nitrogen functional groups attached to an aromatic ring is 1. The predicted molar refractivity (Wildman–Crippen MR) is 146 cm³/mol. The number of likely N-dealkylation sites (tertiary alicyclic amines) is 1. The number of thioether (sulfide) groups is 1. The summed E-state index contributed by atoms with van der Waals surface area (Å²) in [6.07, 6.45) is 5.77. The lowest BCUT2D eigenvalue weighted by atomic mass is 10.0. The number of hydrogen-bond donors (Lipinski definition) is 3.